The van der Waals surface area contributed by atoms with Gasteiger partial charge in [-0.1, -0.05) is 6.07 Å². The van der Waals surface area contributed by atoms with E-state index >= 15 is 0 Å². The van der Waals surface area contributed by atoms with Crippen LogP contribution in [-0.4, -0.2) is 34.3 Å². The zero-order valence-electron chi connectivity index (χ0n) is 11.1. The van der Waals surface area contributed by atoms with Crippen molar-refractivity contribution in [3.05, 3.63) is 36.9 Å². The molecule has 2 aromatic heterocycles. The highest BCUT2D eigenvalue weighted by Crippen LogP contribution is 2.17. The number of pyridine rings is 1. The molecule has 0 amide bonds. The molecule has 0 fully saturated rings. The summed E-state index contributed by atoms with van der Waals surface area (Å²) < 4.78 is 0. The second kappa shape index (κ2) is 6.04. The van der Waals surface area contributed by atoms with Crippen LogP contribution in [0.3, 0.4) is 0 Å². The van der Waals surface area contributed by atoms with Crippen molar-refractivity contribution < 1.29 is 4.79 Å². The summed E-state index contributed by atoms with van der Waals surface area (Å²) in [6.07, 6.45) is 7.55. The Hall–Kier alpha value is -2.30. The van der Waals surface area contributed by atoms with Crippen LogP contribution in [-0.2, 0) is 4.79 Å². The average molecular weight is 256 g/mol. The van der Waals surface area contributed by atoms with Gasteiger partial charge in [-0.05, 0) is 13.0 Å². The maximum atomic E-state index is 10.9. The first-order chi connectivity index (χ1) is 9.16. The summed E-state index contributed by atoms with van der Waals surface area (Å²) >= 11 is 0. The van der Waals surface area contributed by atoms with E-state index in [0.29, 0.717) is 18.9 Å². The van der Waals surface area contributed by atoms with Crippen molar-refractivity contribution in [1.82, 2.24) is 15.0 Å². The first kappa shape index (κ1) is 13.1. The molecule has 0 unspecified atom stereocenters. The van der Waals surface area contributed by atoms with Gasteiger partial charge in [-0.2, -0.15) is 0 Å². The molecule has 2 rings (SSSR count). The van der Waals surface area contributed by atoms with Gasteiger partial charge < -0.3 is 4.90 Å². The highest BCUT2D eigenvalue weighted by Gasteiger charge is 2.06. The van der Waals surface area contributed by atoms with Gasteiger partial charge in [-0.25, -0.2) is 9.97 Å². The van der Waals surface area contributed by atoms with Crippen molar-refractivity contribution in [3.8, 4) is 11.1 Å². The second-order valence-electron chi connectivity index (χ2n) is 4.39. The molecule has 98 valence electrons. The van der Waals surface area contributed by atoms with E-state index in [1.54, 1.807) is 31.7 Å². The molecule has 0 bridgehead atoms. The first-order valence-corrected chi connectivity index (χ1v) is 6.10. The number of hydrogen-bond donors (Lipinski definition) is 0. The van der Waals surface area contributed by atoms with E-state index in [4.69, 9.17) is 0 Å². The first-order valence-electron chi connectivity index (χ1n) is 6.10. The molecule has 0 aromatic carbocycles. The summed E-state index contributed by atoms with van der Waals surface area (Å²) in [7, 11) is 1.88. The molecule has 19 heavy (non-hydrogen) atoms. The summed E-state index contributed by atoms with van der Waals surface area (Å²) in [5.74, 6) is 0.785. The molecule has 0 radical (unpaired) electrons. The van der Waals surface area contributed by atoms with Gasteiger partial charge in [0.1, 0.15) is 5.78 Å². The third-order valence-electron chi connectivity index (χ3n) is 2.77. The van der Waals surface area contributed by atoms with Crippen LogP contribution in [0.2, 0.25) is 0 Å². The quantitative estimate of drug-likeness (QED) is 0.818. The lowest BCUT2D eigenvalue weighted by atomic mass is 10.2. The van der Waals surface area contributed by atoms with Crippen molar-refractivity contribution in [3.63, 3.8) is 0 Å². The predicted molar refractivity (Wildman–Crippen MR) is 73.8 cm³/mol. The van der Waals surface area contributed by atoms with Crippen LogP contribution in [0.5, 0.6) is 0 Å². The fourth-order valence-electron chi connectivity index (χ4n) is 1.63. The number of Topliss-reactive ketones (excluding diaryl/α,β-unsaturated/α-hetero) is 1. The van der Waals surface area contributed by atoms with Gasteiger partial charge in [-0.3, -0.25) is 9.78 Å². The number of nitrogens with zero attached hydrogens (tertiary/aromatic N) is 4. The number of hydrogen-bond acceptors (Lipinski definition) is 5. The molecule has 0 aliphatic heterocycles. The van der Waals surface area contributed by atoms with Crippen LogP contribution in [0.4, 0.5) is 5.95 Å². The lowest BCUT2D eigenvalue weighted by Gasteiger charge is -2.15. The highest BCUT2D eigenvalue weighted by atomic mass is 16.1. The number of anilines is 1. The summed E-state index contributed by atoms with van der Waals surface area (Å²) in [4.78, 5) is 25.5. The fraction of sp³-hybridized carbons (Fsp3) is 0.286. The maximum Gasteiger partial charge on any atom is 0.225 e. The normalized spacial score (nSPS) is 10.2. The molecule has 5 heteroatoms. The number of aromatic nitrogens is 3. The zero-order valence-corrected chi connectivity index (χ0v) is 11.1. The van der Waals surface area contributed by atoms with Crippen molar-refractivity contribution in [2.45, 2.75) is 13.3 Å². The topological polar surface area (TPSA) is 59.0 Å². The van der Waals surface area contributed by atoms with E-state index in [-0.39, 0.29) is 5.78 Å². The Bertz CT molecular complexity index is 539. The van der Waals surface area contributed by atoms with Gasteiger partial charge in [0.15, 0.2) is 0 Å². The van der Waals surface area contributed by atoms with Crippen LogP contribution in [0.15, 0.2) is 36.9 Å². The van der Waals surface area contributed by atoms with E-state index in [9.17, 15) is 4.79 Å². The molecule has 0 N–H and O–H groups in total. The average Bonchev–Trinajstić information content (AvgIpc) is 2.46. The monoisotopic (exact) mass is 256 g/mol. The Morgan fingerprint density at radius 2 is 1.95 bits per heavy atom. The van der Waals surface area contributed by atoms with Gasteiger partial charge in [-0.15, -0.1) is 0 Å². The largest absolute Gasteiger partial charge is 0.343 e. The Kier molecular flexibility index (Phi) is 4.18. The fourth-order valence-corrected chi connectivity index (χ4v) is 1.63. The Morgan fingerprint density at radius 1 is 1.21 bits per heavy atom. The van der Waals surface area contributed by atoms with E-state index < -0.39 is 0 Å². The Labute approximate surface area is 112 Å². The third kappa shape index (κ3) is 3.58. The minimum Gasteiger partial charge on any atom is -0.343 e. The smallest absolute Gasteiger partial charge is 0.225 e. The number of ketones is 1. The van der Waals surface area contributed by atoms with Gasteiger partial charge in [0.25, 0.3) is 0 Å². The van der Waals surface area contributed by atoms with Crippen LogP contribution in [0.25, 0.3) is 11.1 Å². The predicted octanol–water partition coefficient (Wildman–Crippen LogP) is 1.95. The molecule has 0 atom stereocenters. The molecule has 0 aliphatic rings. The zero-order chi connectivity index (χ0) is 13.7. The standard InChI is InChI=1S/C14H16N4O/c1-11(19)5-7-18(2)14-16-9-13(10-17-14)12-4-3-6-15-8-12/h3-4,6,8-10H,5,7H2,1-2H3. The van der Waals surface area contributed by atoms with Crippen LogP contribution in [0, 0.1) is 0 Å². The van der Waals surface area contributed by atoms with Gasteiger partial charge in [0.05, 0.1) is 0 Å². The molecule has 5 nitrogen and oxygen atoms in total. The van der Waals surface area contributed by atoms with Crippen molar-refractivity contribution in [1.29, 1.82) is 0 Å². The highest BCUT2D eigenvalue weighted by molar-refractivity contribution is 5.76. The van der Waals surface area contributed by atoms with Crippen molar-refractivity contribution in [2.24, 2.45) is 0 Å². The number of carbonyl (C=O) groups excluding carboxylic acids is 1. The van der Waals surface area contributed by atoms with E-state index in [1.807, 2.05) is 24.1 Å². The molecule has 0 saturated heterocycles. The van der Waals surface area contributed by atoms with E-state index in [0.717, 1.165) is 11.1 Å². The lowest BCUT2D eigenvalue weighted by Crippen LogP contribution is -2.22. The molecule has 0 saturated carbocycles. The van der Waals surface area contributed by atoms with Gasteiger partial charge in [0.2, 0.25) is 5.95 Å². The van der Waals surface area contributed by atoms with Crippen LogP contribution < -0.4 is 4.90 Å². The summed E-state index contributed by atoms with van der Waals surface area (Å²) in [5.41, 5.74) is 1.91. The molecule has 2 aromatic rings. The van der Waals surface area contributed by atoms with Gasteiger partial charge in [0, 0.05) is 55.9 Å². The summed E-state index contributed by atoms with van der Waals surface area (Å²) in [6.45, 7) is 2.21. The summed E-state index contributed by atoms with van der Waals surface area (Å²) in [5, 5.41) is 0. The molecule has 0 aliphatic carbocycles. The maximum absolute atomic E-state index is 10.9. The summed E-state index contributed by atoms with van der Waals surface area (Å²) in [6, 6.07) is 3.84. The SMILES string of the molecule is CC(=O)CCN(C)c1ncc(-c2cccnc2)cn1. The Balaban J connectivity index is 2.08. The lowest BCUT2D eigenvalue weighted by molar-refractivity contribution is -0.116. The van der Waals surface area contributed by atoms with Gasteiger partial charge >= 0.3 is 0 Å². The number of carbonyl (C=O) groups is 1. The minimum absolute atomic E-state index is 0.166. The molecule has 2 heterocycles. The van der Waals surface area contributed by atoms with Crippen molar-refractivity contribution >= 4 is 11.7 Å². The minimum atomic E-state index is 0.166. The molecular weight excluding hydrogens is 240 g/mol. The Morgan fingerprint density at radius 3 is 2.53 bits per heavy atom. The van der Waals surface area contributed by atoms with E-state index in [2.05, 4.69) is 15.0 Å². The number of rotatable bonds is 5. The van der Waals surface area contributed by atoms with Crippen molar-refractivity contribution in [2.75, 3.05) is 18.5 Å². The molecule has 0 spiro atoms. The van der Waals surface area contributed by atoms with E-state index in [1.165, 1.54) is 0 Å². The second-order valence-corrected chi connectivity index (χ2v) is 4.39. The molecular formula is C14H16N4O. The third-order valence-corrected chi connectivity index (χ3v) is 2.77. The van der Waals surface area contributed by atoms with Crippen LogP contribution >= 0.6 is 0 Å². The van der Waals surface area contributed by atoms with Crippen LogP contribution in [0.1, 0.15) is 13.3 Å².